The summed E-state index contributed by atoms with van der Waals surface area (Å²) in [7, 11) is 0. The minimum absolute atomic E-state index is 0.0349. The number of aryl methyl sites for hydroxylation is 4. The van der Waals surface area contributed by atoms with Gasteiger partial charge >= 0.3 is 0 Å². The van der Waals surface area contributed by atoms with E-state index in [0.717, 1.165) is 45.2 Å². The Morgan fingerprint density at radius 2 is 0.675 bits per heavy atom. The van der Waals surface area contributed by atoms with Crippen molar-refractivity contribution in [2.24, 2.45) is 0 Å². The van der Waals surface area contributed by atoms with E-state index >= 15 is 0 Å². The number of thioether (sulfide) groups is 2. The van der Waals surface area contributed by atoms with Gasteiger partial charge in [0.2, 0.25) is 0 Å². The predicted octanol–water partition coefficient (Wildman–Crippen LogP) is 22.7. The molecule has 5 aromatic heterocycles. The molecule has 7 heterocycles. The quantitative estimate of drug-likeness (QED) is 0.0226. The van der Waals surface area contributed by atoms with Gasteiger partial charge < -0.3 is 0 Å². The van der Waals surface area contributed by atoms with Crippen LogP contribution in [0.5, 0.6) is 0 Å². The van der Waals surface area contributed by atoms with E-state index in [1.54, 1.807) is 9.80 Å². The van der Waals surface area contributed by atoms with Crippen molar-refractivity contribution in [3.8, 4) is 39.0 Å². The Bertz CT molecular complexity index is 2580. The average Bonchev–Trinajstić information content (AvgIpc) is 4.32. The van der Waals surface area contributed by atoms with Crippen molar-refractivity contribution in [2.45, 2.75) is 221 Å². The first-order valence-corrected chi connectivity index (χ1v) is 36.3. The van der Waals surface area contributed by atoms with Gasteiger partial charge in [-0.25, -0.2) is 0 Å². The summed E-state index contributed by atoms with van der Waals surface area (Å²) in [6.45, 7) is 14.4. The number of rotatable bonds is 36. The summed E-state index contributed by atoms with van der Waals surface area (Å²) in [6, 6.07) is 14.7. The van der Waals surface area contributed by atoms with E-state index in [1.165, 1.54) is 239 Å². The topological polar surface area (TPSA) is 40.6 Å². The van der Waals surface area contributed by atoms with Crippen LogP contribution in [0.15, 0.2) is 46.2 Å². The second kappa shape index (κ2) is 33.0. The van der Waals surface area contributed by atoms with Crippen molar-refractivity contribution in [1.82, 2.24) is 9.80 Å². The number of hydrogen-bond acceptors (Lipinski definition) is 11. The molecule has 2 aliphatic heterocycles. The summed E-state index contributed by atoms with van der Waals surface area (Å²) in [6.07, 6.45) is 39.1. The van der Waals surface area contributed by atoms with Crippen molar-refractivity contribution >= 4 is 137 Å². The minimum atomic E-state index is 0.0349. The highest BCUT2D eigenvalue weighted by Crippen LogP contribution is 2.50. The Balaban J connectivity index is 1.25. The number of likely N-dealkylation sites (N-methyl/N-ethyl adjacent to an activating group) is 2. The smallest absolute Gasteiger partial charge is 0.266 e. The number of amides is 2. The highest BCUT2D eigenvalue weighted by Gasteiger charge is 2.32. The Hall–Kier alpha value is -2.20. The van der Waals surface area contributed by atoms with Crippen molar-refractivity contribution in [3.05, 3.63) is 78.2 Å². The maximum absolute atomic E-state index is 13.4. The number of carbonyl (C=O) groups excluding carboxylic acids is 2. The fourth-order valence-corrected chi connectivity index (χ4v) is 19.7. The van der Waals surface area contributed by atoms with Crippen LogP contribution in [-0.4, -0.2) is 43.3 Å². The predicted molar refractivity (Wildman–Crippen MR) is 357 cm³/mol. The Labute approximate surface area is 503 Å². The Kier molecular flexibility index (Phi) is 26.8. The molecule has 0 unspecified atom stereocenters. The van der Waals surface area contributed by atoms with Crippen LogP contribution in [0.3, 0.4) is 0 Å². The molecule has 2 amide bonds. The van der Waals surface area contributed by atoms with Crippen LogP contribution in [0, 0.1) is 0 Å². The number of nitrogens with zero attached hydrogens (tertiary/aromatic N) is 2. The third kappa shape index (κ3) is 17.7. The average molecular weight is 1200 g/mol. The molecule has 0 aliphatic carbocycles. The monoisotopic (exact) mass is 1200 g/mol. The lowest BCUT2D eigenvalue weighted by molar-refractivity contribution is -0.122. The minimum Gasteiger partial charge on any atom is -0.293 e. The number of unbranched alkanes of at least 4 members (excludes halogenated alkanes) is 20. The van der Waals surface area contributed by atoms with Crippen molar-refractivity contribution in [2.75, 3.05) is 13.1 Å². The lowest BCUT2D eigenvalue weighted by Gasteiger charge is -2.09. The number of thiocarbonyl (C=S) groups is 2. The molecule has 2 saturated heterocycles. The molecule has 0 aromatic carbocycles. The van der Waals surface area contributed by atoms with E-state index < -0.39 is 0 Å². The van der Waals surface area contributed by atoms with Gasteiger partial charge in [-0.1, -0.05) is 204 Å². The van der Waals surface area contributed by atoms with Crippen LogP contribution >= 0.6 is 105 Å². The molecule has 4 nitrogen and oxygen atoms in total. The summed E-state index contributed by atoms with van der Waals surface area (Å²) < 4.78 is 1.32. The molecule has 0 bridgehead atoms. The van der Waals surface area contributed by atoms with Gasteiger partial charge in [0.15, 0.2) is 0 Å². The first-order valence-electron chi connectivity index (χ1n) is 29.7. The van der Waals surface area contributed by atoms with E-state index in [2.05, 4.69) is 76.2 Å². The Morgan fingerprint density at radius 3 is 0.987 bits per heavy atom. The zero-order valence-electron chi connectivity index (χ0n) is 47.2. The van der Waals surface area contributed by atoms with Gasteiger partial charge in [0.05, 0.1) is 9.81 Å². The summed E-state index contributed by atoms with van der Waals surface area (Å²) in [5.41, 5.74) is 5.81. The van der Waals surface area contributed by atoms with E-state index in [9.17, 15) is 9.59 Å². The van der Waals surface area contributed by atoms with Gasteiger partial charge in [0.25, 0.3) is 11.8 Å². The number of carbonyl (C=O) groups is 2. The lowest BCUT2D eigenvalue weighted by atomic mass is 10.0. The summed E-state index contributed by atoms with van der Waals surface area (Å²) >= 11 is 23.9. The molecule has 5 aromatic rings. The van der Waals surface area contributed by atoms with Gasteiger partial charge in [-0.3, -0.25) is 19.4 Å². The molecule has 0 radical (unpaired) electrons. The zero-order valence-corrected chi connectivity index (χ0v) is 54.6. The standard InChI is InChI=1S/C64H86N2O2S9/c1-7-13-17-21-25-29-33-45-39-49(43-55-61(67)65(11-5)63(69)76-55)71-59(45)53-41-47(35-31-27-23-19-15-9-3)57(74-53)51-37-38-52(73-51)58-48(36-32-28-24-20-16-10-4)42-54(75-58)60-46(34-30-26-22-18-14-8-2)40-50(72-60)44-56-62(68)66(12-6)64(70)77-56/h37-44H,7-36H2,1-6H3. The molecule has 7 rings (SSSR count). The number of hydrogen-bond donors (Lipinski definition) is 0. The van der Waals surface area contributed by atoms with Gasteiger partial charge in [-0.2, -0.15) is 0 Å². The Morgan fingerprint density at radius 1 is 0.377 bits per heavy atom. The van der Waals surface area contributed by atoms with Gasteiger partial charge in [-0.15, -0.1) is 56.7 Å². The van der Waals surface area contributed by atoms with Crippen LogP contribution in [0.4, 0.5) is 0 Å². The first kappa shape index (κ1) is 62.4. The SMILES string of the molecule is CCCCCCCCc1cc(C=C2SC(=S)N(CC)C2=O)sc1-c1cc(CCCCCCCC)c(-c2ccc(-c3sc(-c4sc(C=C5SC(=S)N(CC)C5=O)cc4CCCCCCCC)cc3CCCCCCCC)s2)s1. The summed E-state index contributed by atoms with van der Waals surface area (Å²) in [5.74, 6) is 0.0699. The molecular formula is C64H86N2O2S9. The zero-order chi connectivity index (χ0) is 54.5. The summed E-state index contributed by atoms with van der Waals surface area (Å²) in [5, 5.41) is 0. The van der Waals surface area contributed by atoms with E-state index in [-0.39, 0.29) is 11.8 Å². The second-order valence-corrected chi connectivity index (χ2v) is 29.7. The summed E-state index contributed by atoms with van der Waals surface area (Å²) in [4.78, 5) is 45.2. The van der Waals surface area contributed by atoms with Gasteiger partial charge in [0, 0.05) is 61.9 Å². The molecule has 0 N–H and O–H groups in total. The fraction of sp³-hybridized carbons (Fsp3) is 0.562. The van der Waals surface area contributed by atoms with E-state index in [1.807, 2.05) is 70.5 Å². The molecule has 418 valence electrons. The molecule has 2 fully saturated rings. The van der Waals surface area contributed by atoms with E-state index in [4.69, 9.17) is 24.4 Å². The first-order chi connectivity index (χ1) is 37.6. The normalized spacial score (nSPS) is 15.1. The molecule has 2 aliphatic rings. The third-order valence-electron chi connectivity index (χ3n) is 14.9. The molecule has 0 spiro atoms. The van der Waals surface area contributed by atoms with Crippen LogP contribution in [-0.2, 0) is 35.3 Å². The maximum Gasteiger partial charge on any atom is 0.266 e. The van der Waals surface area contributed by atoms with Crippen LogP contribution in [0.1, 0.15) is 228 Å². The van der Waals surface area contributed by atoms with Gasteiger partial charge in [-0.05, 0) is 136 Å². The van der Waals surface area contributed by atoms with Gasteiger partial charge in [0.1, 0.15) is 8.64 Å². The lowest BCUT2D eigenvalue weighted by Crippen LogP contribution is -2.27. The molecular weight excluding hydrogens is 1120 g/mol. The van der Waals surface area contributed by atoms with Crippen molar-refractivity contribution in [1.29, 1.82) is 0 Å². The molecule has 77 heavy (non-hydrogen) atoms. The highest BCUT2D eigenvalue weighted by molar-refractivity contribution is 8.27. The third-order valence-corrected chi connectivity index (χ3v) is 24.1. The van der Waals surface area contributed by atoms with Crippen molar-refractivity contribution in [3.63, 3.8) is 0 Å². The highest BCUT2D eigenvalue weighted by atomic mass is 32.2. The number of thiophene rings is 5. The molecule has 13 heteroatoms. The van der Waals surface area contributed by atoms with Crippen LogP contribution in [0.25, 0.3) is 51.2 Å². The van der Waals surface area contributed by atoms with Crippen LogP contribution < -0.4 is 0 Å². The van der Waals surface area contributed by atoms with Crippen LogP contribution in [0.2, 0.25) is 0 Å². The largest absolute Gasteiger partial charge is 0.293 e. The molecule has 0 saturated carbocycles. The molecule has 0 atom stereocenters. The fourth-order valence-electron chi connectivity index (χ4n) is 10.5. The van der Waals surface area contributed by atoms with Crippen molar-refractivity contribution < 1.29 is 9.59 Å². The maximum atomic E-state index is 13.4. The van der Waals surface area contributed by atoms with E-state index in [0.29, 0.717) is 21.7 Å². The second-order valence-electron chi connectivity index (χ2n) is 21.0.